The fraction of sp³-hybridized carbons (Fsp3) is 0.423. The summed E-state index contributed by atoms with van der Waals surface area (Å²) in [6.45, 7) is 2.73. The lowest BCUT2D eigenvalue weighted by atomic mass is 9.88. The van der Waals surface area contributed by atoms with Crippen molar-refractivity contribution in [1.82, 2.24) is 16.0 Å². The van der Waals surface area contributed by atoms with Crippen LogP contribution < -0.4 is 37.2 Å². The first kappa shape index (κ1) is 58.3. The standard InChI is InChI=1S/C22H19ClFNO3.C22H31N3O3.C5H8O2.C2H7N.CH5N/c1-27-28-20-10-8-16(13-26)21(22(20)24)17-11-15(7-9-19(17)23)18(12-25)14-5-3-2-4-6-14;1-23-22(28)20-18(15-26)8-5-9-19(20)25-12-10-16(11-13-25)14-24-21(27)17-6-3-2-4-7-17;6-4-2-1-3-5-7;1-3-2;1-2/h2-11,13,18H,12,25H2,1H3;5,8-9,15-17H,2-4,6-7,10-14H2,1H3,(H,23,28)(H,24,27);4-5H,1-3H2;3H,1-2H3;2H2,1H3. The lowest BCUT2D eigenvalue weighted by molar-refractivity contribution is -0.180. The minimum Gasteiger partial charge on any atom is -0.371 e. The van der Waals surface area contributed by atoms with Gasteiger partial charge in [-0.05, 0) is 101 Å². The zero-order valence-corrected chi connectivity index (χ0v) is 40.8. The Hall–Kier alpha value is -5.84. The van der Waals surface area contributed by atoms with Gasteiger partial charge in [-0.15, -0.1) is 0 Å². The van der Waals surface area contributed by atoms with Crippen molar-refractivity contribution in [3.63, 3.8) is 0 Å². The van der Waals surface area contributed by atoms with E-state index in [1.807, 2.05) is 62.6 Å². The van der Waals surface area contributed by atoms with E-state index >= 15 is 4.39 Å². The van der Waals surface area contributed by atoms with Crippen LogP contribution in [-0.4, -0.2) is 98.4 Å². The van der Waals surface area contributed by atoms with Crippen LogP contribution in [0.3, 0.4) is 0 Å². The maximum atomic E-state index is 15.1. The van der Waals surface area contributed by atoms with Crippen LogP contribution in [0.4, 0.5) is 10.1 Å². The Kier molecular flexibility index (Phi) is 28.8. The zero-order chi connectivity index (χ0) is 50.3. The number of benzene rings is 4. The number of nitrogens with zero attached hydrogens (tertiary/aromatic N) is 1. The van der Waals surface area contributed by atoms with E-state index < -0.39 is 5.82 Å². The van der Waals surface area contributed by atoms with Crippen molar-refractivity contribution in [2.45, 2.75) is 70.1 Å². The highest BCUT2D eigenvalue weighted by Crippen LogP contribution is 2.39. The Balaban J connectivity index is 0.000000378. The van der Waals surface area contributed by atoms with Gasteiger partial charge in [0.2, 0.25) is 11.7 Å². The van der Waals surface area contributed by atoms with E-state index in [2.05, 4.69) is 31.5 Å². The number of hydrogen-bond donors (Lipinski definition) is 5. The number of piperidine rings is 1. The van der Waals surface area contributed by atoms with Gasteiger partial charge in [0, 0.05) is 85.2 Å². The summed E-state index contributed by atoms with van der Waals surface area (Å²) in [4.78, 5) is 78.3. The molecule has 0 radical (unpaired) electrons. The Morgan fingerprint density at radius 3 is 2.01 bits per heavy atom. The summed E-state index contributed by atoms with van der Waals surface area (Å²) in [6.07, 6.45) is 12.3. The molecule has 4 aromatic rings. The number of nitrogens with one attached hydrogen (secondary N) is 3. The molecule has 68 heavy (non-hydrogen) atoms. The Bertz CT molecular complexity index is 2140. The van der Waals surface area contributed by atoms with Gasteiger partial charge in [0.05, 0.1) is 18.4 Å². The molecule has 1 saturated carbocycles. The van der Waals surface area contributed by atoms with Gasteiger partial charge in [0.1, 0.15) is 12.6 Å². The Labute approximate surface area is 406 Å². The maximum absolute atomic E-state index is 15.1. The van der Waals surface area contributed by atoms with E-state index in [0.29, 0.717) is 59.7 Å². The summed E-state index contributed by atoms with van der Waals surface area (Å²) in [6, 6.07) is 23.2. The van der Waals surface area contributed by atoms with Crippen molar-refractivity contribution in [3.05, 3.63) is 118 Å². The molecule has 14 nitrogen and oxygen atoms in total. The molecule has 16 heteroatoms. The number of carbonyl (C=O) groups excluding carboxylic acids is 6. The minimum absolute atomic E-state index is 0.0558. The van der Waals surface area contributed by atoms with Gasteiger partial charge in [-0.3, -0.25) is 19.2 Å². The first-order valence-corrected chi connectivity index (χ1v) is 23.3. The van der Waals surface area contributed by atoms with E-state index in [-0.39, 0.29) is 40.5 Å². The van der Waals surface area contributed by atoms with Crippen molar-refractivity contribution in [2.24, 2.45) is 23.3 Å². The molecule has 370 valence electrons. The highest BCUT2D eigenvalue weighted by molar-refractivity contribution is 6.33. The third-order valence-electron chi connectivity index (χ3n) is 11.3. The van der Waals surface area contributed by atoms with Crippen molar-refractivity contribution in [2.75, 3.05) is 66.4 Å². The normalized spacial score (nSPS) is 13.7. The summed E-state index contributed by atoms with van der Waals surface area (Å²) in [5.41, 5.74) is 14.7. The summed E-state index contributed by atoms with van der Waals surface area (Å²) < 4.78 is 15.1. The predicted octanol–water partition coefficient (Wildman–Crippen LogP) is 7.73. The highest BCUT2D eigenvalue weighted by atomic mass is 35.5. The molecule has 2 aliphatic rings. The molecule has 1 heterocycles. The number of nitrogens with two attached hydrogens (primary N) is 2. The molecule has 1 saturated heterocycles. The van der Waals surface area contributed by atoms with Crippen LogP contribution in [0, 0.1) is 17.7 Å². The SMILES string of the molecule is CN.CNC.CNC(=O)c1c(C=O)cccc1N1CCC(CNC(=O)C2CCCCC2)CC1.COOc1ccc(C=O)c(-c2cc(C(CN)c3ccccc3)ccc2Cl)c1F.O=CCCCC=O. The quantitative estimate of drug-likeness (QED) is 0.0298. The van der Waals surface area contributed by atoms with Gasteiger partial charge in [0.25, 0.3) is 5.91 Å². The van der Waals surface area contributed by atoms with E-state index in [0.717, 1.165) is 81.0 Å². The molecular weight excluding hydrogens is 891 g/mol. The molecule has 2 fully saturated rings. The molecule has 0 aromatic heterocycles. The van der Waals surface area contributed by atoms with Gasteiger partial charge >= 0.3 is 0 Å². The molecule has 1 aliphatic heterocycles. The van der Waals surface area contributed by atoms with Gasteiger partial charge in [-0.2, -0.15) is 4.89 Å². The molecule has 1 atom stereocenters. The molecule has 1 aliphatic carbocycles. The third kappa shape index (κ3) is 18.0. The number of carbonyl (C=O) groups is 6. The Morgan fingerprint density at radius 1 is 0.824 bits per heavy atom. The van der Waals surface area contributed by atoms with Gasteiger partial charge in [-0.1, -0.05) is 79.4 Å². The zero-order valence-electron chi connectivity index (χ0n) is 40.1. The van der Waals surface area contributed by atoms with Crippen LogP contribution in [0.5, 0.6) is 5.75 Å². The smallest absolute Gasteiger partial charge is 0.253 e. The van der Waals surface area contributed by atoms with Crippen LogP contribution in [-0.2, 0) is 19.3 Å². The maximum Gasteiger partial charge on any atom is 0.253 e. The predicted molar refractivity (Wildman–Crippen MR) is 268 cm³/mol. The first-order chi connectivity index (χ1) is 33.1. The van der Waals surface area contributed by atoms with E-state index in [9.17, 15) is 28.8 Å². The minimum atomic E-state index is -0.727. The average molecular weight is 962 g/mol. The van der Waals surface area contributed by atoms with Gasteiger partial charge in [-0.25, -0.2) is 4.39 Å². The van der Waals surface area contributed by atoms with Crippen LogP contribution in [0.25, 0.3) is 11.1 Å². The summed E-state index contributed by atoms with van der Waals surface area (Å²) in [7, 11) is 8.10. The van der Waals surface area contributed by atoms with Crippen molar-refractivity contribution >= 4 is 54.2 Å². The molecule has 1 unspecified atom stereocenters. The van der Waals surface area contributed by atoms with E-state index in [4.69, 9.17) is 22.2 Å². The summed E-state index contributed by atoms with van der Waals surface area (Å²) in [5, 5.41) is 8.86. The second kappa shape index (κ2) is 33.6. The number of anilines is 1. The molecule has 7 N–H and O–H groups in total. The lowest BCUT2D eigenvalue weighted by Gasteiger charge is -2.35. The first-order valence-electron chi connectivity index (χ1n) is 23.0. The number of aldehydes is 4. The summed E-state index contributed by atoms with van der Waals surface area (Å²) in [5.74, 6) is -0.310. The topological polar surface area (TPSA) is 212 Å². The van der Waals surface area contributed by atoms with Crippen LogP contribution >= 0.6 is 11.6 Å². The number of rotatable bonds is 17. The molecule has 0 bridgehead atoms. The third-order valence-corrected chi connectivity index (χ3v) is 11.7. The molecule has 2 amide bonds. The van der Waals surface area contributed by atoms with Gasteiger partial charge in [0.15, 0.2) is 18.4 Å². The fourth-order valence-electron chi connectivity index (χ4n) is 7.91. The fourth-order valence-corrected chi connectivity index (χ4v) is 8.12. The second-order valence-corrected chi connectivity index (χ2v) is 16.3. The van der Waals surface area contributed by atoms with Crippen LogP contribution in [0.1, 0.15) is 112 Å². The van der Waals surface area contributed by atoms with Gasteiger partial charge < -0.3 is 46.8 Å². The van der Waals surface area contributed by atoms with Crippen molar-refractivity contribution in [1.29, 1.82) is 0 Å². The molecular formula is C52H70ClFN6O8. The number of hydrogen-bond acceptors (Lipinski definition) is 12. The number of unbranched alkanes of at least 4 members (excludes halogenated alkanes) is 2. The van der Waals surface area contributed by atoms with Crippen LogP contribution in [0.15, 0.2) is 78.9 Å². The highest BCUT2D eigenvalue weighted by Gasteiger charge is 2.27. The Morgan fingerprint density at radius 2 is 1.46 bits per heavy atom. The second-order valence-electron chi connectivity index (χ2n) is 15.9. The molecule has 6 rings (SSSR count). The molecule has 0 spiro atoms. The summed E-state index contributed by atoms with van der Waals surface area (Å²) >= 11 is 6.37. The average Bonchev–Trinajstić information content (AvgIpc) is 3.38. The van der Waals surface area contributed by atoms with E-state index in [1.54, 1.807) is 25.2 Å². The van der Waals surface area contributed by atoms with Crippen molar-refractivity contribution in [3.8, 4) is 16.9 Å². The van der Waals surface area contributed by atoms with Crippen molar-refractivity contribution < 1.29 is 42.9 Å². The number of amides is 2. The largest absolute Gasteiger partial charge is 0.371 e. The van der Waals surface area contributed by atoms with E-state index in [1.165, 1.54) is 45.6 Å². The van der Waals surface area contributed by atoms with Crippen LogP contribution in [0.2, 0.25) is 5.02 Å². The number of halogens is 2. The lowest BCUT2D eigenvalue weighted by Crippen LogP contribution is -2.41. The monoisotopic (exact) mass is 960 g/mol. The molecule has 4 aromatic carbocycles.